The lowest BCUT2D eigenvalue weighted by atomic mass is 10.2. The second-order valence-corrected chi connectivity index (χ2v) is 3.30. The number of aromatic hydroxyl groups is 1. The Morgan fingerprint density at radius 1 is 1.44 bits per heavy atom. The van der Waals surface area contributed by atoms with Gasteiger partial charge in [0, 0.05) is 12.1 Å². The number of hydrogen-bond donors (Lipinski definition) is 2. The summed E-state index contributed by atoms with van der Waals surface area (Å²) in [7, 11) is 0. The molecule has 0 unspecified atom stereocenters. The summed E-state index contributed by atoms with van der Waals surface area (Å²) in [4.78, 5) is 21.4. The first kappa shape index (κ1) is 11.6. The van der Waals surface area contributed by atoms with E-state index >= 15 is 0 Å². The standard InChI is InChI=1S/C10H7N3O5/c14-9-5-6(13(16)17)1-2-7(9)11-10(15)8-3-4-18-12-8/h1-5,14H,(H,11,15). The van der Waals surface area contributed by atoms with Crippen molar-refractivity contribution in [2.24, 2.45) is 0 Å². The molecule has 1 aromatic heterocycles. The fourth-order valence-corrected chi connectivity index (χ4v) is 1.26. The normalized spacial score (nSPS) is 10.0. The Morgan fingerprint density at radius 2 is 2.22 bits per heavy atom. The van der Waals surface area contributed by atoms with E-state index in [4.69, 9.17) is 0 Å². The van der Waals surface area contributed by atoms with Gasteiger partial charge in [-0.1, -0.05) is 5.16 Å². The number of carbonyl (C=O) groups is 1. The molecule has 8 nitrogen and oxygen atoms in total. The van der Waals surface area contributed by atoms with Gasteiger partial charge >= 0.3 is 0 Å². The van der Waals surface area contributed by atoms with Gasteiger partial charge < -0.3 is 14.9 Å². The summed E-state index contributed by atoms with van der Waals surface area (Å²) >= 11 is 0. The molecule has 2 N–H and O–H groups in total. The Labute approximate surface area is 100.0 Å². The predicted molar refractivity (Wildman–Crippen MR) is 59.2 cm³/mol. The van der Waals surface area contributed by atoms with E-state index in [-0.39, 0.29) is 17.1 Å². The van der Waals surface area contributed by atoms with Crippen molar-refractivity contribution in [1.29, 1.82) is 0 Å². The van der Waals surface area contributed by atoms with Gasteiger partial charge in [0.1, 0.15) is 12.0 Å². The Morgan fingerprint density at radius 3 is 2.78 bits per heavy atom. The lowest BCUT2D eigenvalue weighted by molar-refractivity contribution is -0.384. The van der Waals surface area contributed by atoms with Crippen molar-refractivity contribution >= 4 is 17.3 Å². The molecule has 0 aliphatic rings. The highest BCUT2D eigenvalue weighted by molar-refractivity contribution is 6.03. The minimum Gasteiger partial charge on any atom is -0.506 e. The highest BCUT2D eigenvalue weighted by atomic mass is 16.6. The van der Waals surface area contributed by atoms with Gasteiger partial charge in [-0.3, -0.25) is 14.9 Å². The van der Waals surface area contributed by atoms with E-state index in [1.165, 1.54) is 18.4 Å². The number of nitro benzene ring substituents is 1. The zero-order chi connectivity index (χ0) is 13.1. The van der Waals surface area contributed by atoms with E-state index in [0.717, 1.165) is 12.1 Å². The van der Waals surface area contributed by atoms with Crippen molar-refractivity contribution in [3.05, 3.63) is 46.3 Å². The van der Waals surface area contributed by atoms with Crippen LogP contribution in [0.4, 0.5) is 11.4 Å². The first-order valence-corrected chi connectivity index (χ1v) is 4.77. The summed E-state index contributed by atoms with van der Waals surface area (Å²) < 4.78 is 4.49. The molecule has 8 heteroatoms. The van der Waals surface area contributed by atoms with E-state index in [1.54, 1.807) is 0 Å². The Balaban J connectivity index is 2.20. The molecule has 0 bridgehead atoms. The van der Waals surface area contributed by atoms with Gasteiger partial charge in [0.2, 0.25) is 0 Å². The van der Waals surface area contributed by atoms with Crippen LogP contribution in [0.1, 0.15) is 10.5 Å². The molecular formula is C10H7N3O5. The summed E-state index contributed by atoms with van der Waals surface area (Å²) in [5.74, 6) is -0.992. The first-order chi connectivity index (χ1) is 8.58. The third-order valence-electron chi connectivity index (χ3n) is 2.11. The van der Waals surface area contributed by atoms with Gasteiger partial charge in [0.05, 0.1) is 16.7 Å². The van der Waals surface area contributed by atoms with Crippen LogP contribution in [0.2, 0.25) is 0 Å². The fourth-order valence-electron chi connectivity index (χ4n) is 1.26. The monoisotopic (exact) mass is 249 g/mol. The van der Waals surface area contributed by atoms with Crippen molar-refractivity contribution in [3.8, 4) is 5.75 Å². The molecule has 1 amide bonds. The van der Waals surface area contributed by atoms with Crippen LogP contribution in [0.15, 0.2) is 35.1 Å². The predicted octanol–water partition coefficient (Wildman–Crippen LogP) is 1.54. The first-order valence-electron chi connectivity index (χ1n) is 4.77. The molecule has 0 aliphatic heterocycles. The number of anilines is 1. The molecule has 1 aromatic carbocycles. The Bertz CT molecular complexity index is 594. The highest BCUT2D eigenvalue weighted by Crippen LogP contribution is 2.28. The largest absolute Gasteiger partial charge is 0.506 e. The van der Waals surface area contributed by atoms with E-state index in [1.807, 2.05) is 0 Å². The molecule has 0 saturated carbocycles. The van der Waals surface area contributed by atoms with E-state index in [0.29, 0.717) is 0 Å². The maximum absolute atomic E-state index is 11.6. The number of nitro groups is 1. The molecule has 0 aliphatic carbocycles. The molecule has 2 rings (SSSR count). The van der Waals surface area contributed by atoms with Crippen molar-refractivity contribution in [2.45, 2.75) is 0 Å². The Kier molecular flexibility index (Phi) is 2.92. The zero-order valence-corrected chi connectivity index (χ0v) is 8.86. The summed E-state index contributed by atoms with van der Waals surface area (Å²) in [5.41, 5.74) is -0.187. The topological polar surface area (TPSA) is 118 Å². The van der Waals surface area contributed by atoms with Crippen molar-refractivity contribution in [2.75, 3.05) is 5.32 Å². The number of rotatable bonds is 3. The summed E-state index contributed by atoms with van der Waals surface area (Å²) in [6.45, 7) is 0. The molecule has 0 radical (unpaired) electrons. The third kappa shape index (κ3) is 2.26. The van der Waals surface area contributed by atoms with Gasteiger partial charge in [-0.05, 0) is 6.07 Å². The summed E-state index contributed by atoms with van der Waals surface area (Å²) in [5, 5.41) is 25.7. The molecule has 1 heterocycles. The lowest BCUT2D eigenvalue weighted by Gasteiger charge is -2.04. The summed E-state index contributed by atoms with van der Waals surface area (Å²) in [6, 6.07) is 4.68. The highest BCUT2D eigenvalue weighted by Gasteiger charge is 2.14. The maximum atomic E-state index is 11.6. The molecule has 0 spiro atoms. The number of nitrogens with one attached hydrogen (secondary N) is 1. The maximum Gasteiger partial charge on any atom is 0.277 e. The van der Waals surface area contributed by atoms with Crippen LogP contribution >= 0.6 is 0 Å². The molecule has 2 aromatic rings. The number of benzene rings is 1. The molecular weight excluding hydrogens is 242 g/mol. The van der Waals surface area contributed by atoms with Crippen LogP contribution in [-0.2, 0) is 0 Å². The average Bonchev–Trinajstić information content (AvgIpc) is 2.85. The quantitative estimate of drug-likeness (QED) is 0.483. The van der Waals surface area contributed by atoms with Gasteiger partial charge in [-0.15, -0.1) is 0 Å². The molecule has 92 valence electrons. The number of phenolic OH excluding ortho intramolecular Hbond substituents is 1. The van der Waals surface area contributed by atoms with Gasteiger partial charge in [-0.25, -0.2) is 0 Å². The zero-order valence-electron chi connectivity index (χ0n) is 8.86. The minimum atomic E-state index is -0.650. The average molecular weight is 249 g/mol. The lowest BCUT2D eigenvalue weighted by Crippen LogP contribution is -2.12. The number of non-ortho nitro benzene ring substituents is 1. The molecule has 0 saturated heterocycles. The number of carbonyl (C=O) groups excluding carboxylic acids is 1. The van der Waals surface area contributed by atoms with Crippen molar-refractivity contribution < 1.29 is 19.3 Å². The minimum absolute atomic E-state index is 0.0350. The van der Waals surface area contributed by atoms with E-state index in [9.17, 15) is 20.0 Å². The SMILES string of the molecule is O=C(Nc1ccc([N+](=O)[O-])cc1O)c1ccon1. The van der Waals surface area contributed by atoms with Crippen LogP contribution in [0, 0.1) is 10.1 Å². The number of phenols is 1. The van der Waals surface area contributed by atoms with Gasteiger partial charge in [0.15, 0.2) is 5.69 Å². The second-order valence-electron chi connectivity index (χ2n) is 3.30. The van der Waals surface area contributed by atoms with Crippen LogP contribution in [-0.4, -0.2) is 21.1 Å². The van der Waals surface area contributed by atoms with Crippen molar-refractivity contribution in [3.63, 3.8) is 0 Å². The van der Waals surface area contributed by atoms with Gasteiger partial charge in [-0.2, -0.15) is 0 Å². The van der Waals surface area contributed by atoms with E-state index in [2.05, 4.69) is 15.0 Å². The van der Waals surface area contributed by atoms with Crippen LogP contribution in [0.25, 0.3) is 0 Å². The van der Waals surface area contributed by atoms with Crippen LogP contribution in [0.5, 0.6) is 5.75 Å². The number of hydrogen-bond acceptors (Lipinski definition) is 6. The fraction of sp³-hybridized carbons (Fsp3) is 0. The number of nitrogens with zero attached hydrogens (tertiary/aromatic N) is 2. The molecule has 0 atom stereocenters. The summed E-state index contributed by atoms with van der Waals surface area (Å²) in [6.07, 6.45) is 1.23. The number of aromatic nitrogens is 1. The second kappa shape index (κ2) is 4.53. The Hall–Kier alpha value is -2.90. The number of amides is 1. The van der Waals surface area contributed by atoms with Gasteiger partial charge in [0.25, 0.3) is 11.6 Å². The van der Waals surface area contributed by atoms with Crippen LogP contribution in [0.3, 0.4) is 0 Å². The molecule has 18 heavy (non-hydrogen) atoms. The van der Waals surface area contributed by atoms with E-state index < -0.39 is 16.6 Å². The molecule has 0 fully saturated rings. The van der Waals surface area contributed by atoms with Crippen molar-refractivity contribution in [1.82, 2.24) is 5.16 Å². The van der Waals surface area contributed by atoms with Crippen LogP contribution < -0.4 is 5.32 Å². The smallest absolute Gasteiger partial charge is 0.277 e. The third-order valence-corrected chi connectivity index (χ3v) is 2.11.